The lowest BCUT2D eigenvalue weighted by atomic mass is 9.96. The lowest BCUT2D eigenvalue weighted by Crippen LogP contribution is -2.47. The molecule has 0 radical (unpaired) electrons. The third-order valence-corrected chi connectivity index (χ3v) is 4.23. The Hall–Kier alpha value is -1.77. The summed E-state index contributed by atoms with van der Waals surface area (Å²) in [6, 6.07) is 8.62. The van der Waals surface area contributed by atoms with Crippen molar-refractivity contribution in [3.63, 3.8) is 0 Å². The molecule has 0 bridgehead atoms. The summed E-state index contributed by atoms with van der Waals surface area (Å²) in [5.74, 6) is 0.163. The van der Waals surface area contributed by atoms with Gasteiger partial charge < -0.3 is 9.88 Å². The second kappa shape index (κ2) is 4.72. The predicted molar refractivity (Wildman–Crippen MR) is 77.2 cm³/mol. The number of benzene rings is 1. The highest BCUT2D eigenvalue weighted by atomic mass is 16.2. The van der Waals surface area contributed by atoms with Gasteiger partial charge in [0.1, 0.15) is 0 Å². The normalized spacial score (nSPS) is 23.8. The van der Waals surface area contributed by atoms with E-state index < -0.39 is 0 Å². The van der Waals surface area contributed by atoms with Crippen LogP contribution in [-0.2, 0) is 0 Å². The molecule has 1 N–H and O–H groups in total. The van der Waals surface area contributed by atoms with Crippen molar-refractivity contribution in [2.45, 2.75) is 45.2 Å². The van der Waals surface area contributed by atoms with Crippen LogP contribution in [0.15, 0.2) is 30.5 Å². The Labute approximate surface area is 113 Å². The smallest absolute Gasteiger partial charge is 0.254 e. The van der Waals surface area contributed by atoms with Crippen LogP contribution in [0.25, 0.3) is 10.9 Å². The summed E-state index contributed by atoms with van der Waals surface area (Å²) in [7, 11) is 0. The summed E-state index contributed by atoms with van der Waals surface area (Å²) in [5, 5.41) is 1.15. The average Bonchev–Trinajstić information content (AvgIpc) is 2.85. The number of amides is 1. The molecule has 0 saturated carbocycles. The molecule has 1 amide bonds. The molecule has 3 nitrogen and oxygen atoms in total. The van der Waals surface area contributed by atoms with Gasteiger partial charge in [0.25, 0.3) is 5.91 Å². The molecule has 1 aromatic heterocycles. The Morgan fingerprint density at radius 2 is 1.95 bits per heavy atom. The number of hydrogen-bond acceptors (Lipinski definition) is 1. The van der Waals surface area contributed by atoms with E-state index in [1.807, 2.05) is 35.4 Å². The first kappa shape index (κ1) is 12.3. The van der Waals surface area contributed by atoms with Gasteiger partial charge in [-0.05, 0) is 56.7 Å². The molecule has 19 heavy (non-hydrogen) atoms. The lowest BCUT2D eigenvalue weighted by Gasteiger charge is -2.39. The van der Waals surface area contributed by atoms with E-state index in [0.29, 0.717) is 12.1 Å². The molecule has 1 aliphatic heterocycles. The summed E-state index contributed by atoms with van der Waals surface area (Å²) in [4.78, 5) is 17.9. The Morgan fingerprint density at radius 3 is 2.68 bits per heavy atom. The number of nitrogens with one attached hydrogen (secondary N) is 1. The predicted octanol–water partition coefficient (Wildman–Crippen LogP) is 3.57. The van der Waals surface area contributed by atoms with Crippen molar-refractivity contribution in [3.05, 3.63) is 36.0 Å². The third-order valence-electron chi connectivity index (χ3n) is 4.23. The lowest BCUT2D eigenvalue weighted by molar-refractivity contribution is 0.0511. The maximum atomic E-state index is 12.7. The second-order valence-electron chi connectivity index (χ2n) is 5.62. The number of nitrogens with zero attached hydrogens (tertiary/aromatic N) is 1. The molecule has 0 aliphatic carbocycles. The van der Waals surface area contributed by atoms with Gasteiger partial charge in [-0.1, -0.05) is 6.07 Å². The van der Waals surface area contributed by atoms with Crippen LogP contribution in [0.4, 0.5) is 0 Å². The van der Waals surface area contributed by atoms with Gasteiger partial charge >= 0.3 is 0 Å². The Bertz CT molecular complexity index is 592. The molecule has 0 spiro atoms. The van der Waals surface area contributed by atoms with E-state index in [-0.39, 0.29) is 5.91 Å². The fourth-order valence-electron chi connectivity index (χ4n) is 3.15. The van der Waals surface area contributed by atoms with Crippen molar-refractivity contribution in [1.29, 1.82) is 0 Å². The standard InChI is InChI=1S/C16H20N2O/c1-11-4-3-5-12(2)18(11)16(19)14-7-6-13-8-9-17-15(13)10-14/h6-12,17H,3-5H2,1-2H3/t11-,12+. The number of H-pyrrole nitrogens is 1. The maximum absolute atomic E-state index is 12.7. The van der Waals surface area contributed by atoms with Gasteiger partial charge in [0.2, 0.25) is 0 Å². The van der Waals surface area contributed by atoms with Crippen molar-refractivity contribution >= 4 is 16.8 Å². The van der Waals surface area contributed by atoms with Crippen molar-refractivity contribution in [1.82, 2.24) is 9.88 Å². The van der Waals surface area contributed by atoms with E-state index in [2.05, 4.69) is 18.8 Å². The Morgan fingerprint density at radius 1 is 1.21 bits per heavy atom. The van der Waals surface area contributed by atoms with Crippen LogP contribution < -0.4 is 0 Å². The van der Waals surface area contributed by atoms with Crippen LogP contribution in [0, 0.1) is 0 Å². The number of aromatic amines is 1. The SMILES string of the molecule is C[C@@H]1CCC[C@H](C)N1C(=O)c1ccc2cc[nH]c2c1. The summed E-state index contributed by atoms with van der Waals surface area (Å²) in [6.07, 6.45) is 5.36. The van der Waals surface area contributed by atoms with Crippen LogP contribution >= 0.6 is 0 Å². The van der Waals surface area contributed by atoms with E-state index in [4.69, 9.17) is 0 Å². The molecule has 2 aromatic rings. The molecule has 100 valence electrons. The molecule has 3 heteroatoms. The van der Waals surface area contributed by atoms with Crippen LogP contribution in [0.2, 0.25) is 0 Å². The van der Waals surface area contributed by atoms with Crippen LogP contribution in [-0.4, -0.2) is 27.9 Å². The molecule has 0 unspecified atom stereocenters. The number of carbonyl (C=O) groups is 1. The average molecular weight is 256 g/mol. The van der Waals surface area contributed by atoms with Gasteiger partial charge in [-0.3, -0.25) is 4.79 Å². The first-order chi connectivity index (χ1) is 9.16. The summed E-state index contributed by atoms with van der Waals surface area (Å²) < 4.78 is 0. The molecular weight excluding hydrogens is 236 g/mol. The first-order valence-corrected chi connectivity index (χ1v) is 7.06. The van der Waals surface area contributed by atoms with Crippen molar-refractivity contribution in [2.75, 3.05) is 0 Å². The molecule has 2 atom stereocenters. The van der Waals surface area contributed by atoms with Gasteiger partial charge in [-0.2, -0.15) is 0 Å². The summed E-state index contributed by atoms with van der Waals surface area (Å²) in [6.45, 7) is 4.31. The minimum absolute atomic E-state index is 0.163. The highest BCUT2D eigenvalue weighted by Gasteiger charge is 2.29. The van der Waals surface area contributed by atoms with E-state index in [0.717, 1.165) is 29.3 Å². The highest BCUT2D eigenvalue weighted by molar-refractivity contribution is 5.98. The van der Waals surface area contributed by atoms with Crippen LogP contribution in [0.3, 0.4) is 0 Å². The van der Waals surface area contributed by atoms with E-state index >= 15 is 0 Å². The van der Waals surface area contributed by atoms with Gasteiger partial charge in [-0.15, -0.1) is 0 Å². The first-order valence-electron chi connectivity index (χ1n) is 7.06. The second-order valence-corrected chi connectivity index (χ2v) is 5.62. The number of hydrogen-bond donors (Lipinski definition) is 1. The van der Waals surface area contributed by atoms with Gasteiger partial charge in [0, 0.05) is 29.4 Å². The molecular formula is C16H20N2O. The van der Waals surface area contributed by atoms with Crippen molar-refractivity contribution in [3.8, 4) is 0 Å². The zero-order chi connectivity index (χ0) is 13.4. The van der Waals surface area contributed by atoms with E-state index in [1.165, 1.54) is 6.42 Å². The van der Waals surface area contributed by atoms with Crippen molar-refractivity contribution in [2.24, 2.45) is 0 Å². The summed E-state index contributed by atoms with van der Waals surface area (Å²) in [5.41, 5.74) is 1.82. The van der Waals surface area contributed by atoms with E-state index in [1.54, 1.807) is 0 Å². The number of carbonyl (C=O) groups excluding carboxylic acids is 1. The molecule has 1 fully saturated rings. The number of fused-ring (bicyclic) bond motifs is 1. The van der Waals surface area contributed by atoms with Gasteiger partial charge in [-0.25, -0.2) is 0 Å². The van der Waals surface area contributed by atoms with Crippen LogP contribution in [0.1, 0.15) is 43.5 Å². The number of aromatic nitrogens is 1. The zero-order valence-electron chi connectivity index (χ0n) is 11.5. The number of piperidine rings is 1. The zero-order valence-corrected chi connectivity index (χ0v) is 11.5. The molecule has 3 rings (SSSR count). The monoisotopic (exact) mass is 256 g/mol. The van der Waals surface area contributed by atoms with Crippen LogP contribution in [0.5, 0.6) is 0 Å². The van der Waals surface area contributed by atoms with Gasteiger partial charge in [0.05, 0.1) is 0 Å². The van der Waals surface area contributed by atoms with Crippen molar-refractivity contribution < 1.29 is 4.79 Å². The molecule has 2 heterocycles. The minimum Gasteiger partial charge on any atom is -0.361 e. The largest absolute Gasteiger partial charge is 0.361 e. The molecule has 1 aliphatic rings. The quantitative estimate of drug-likeness (QED) is 0.832. The fraction of sp³-hybridized carbons (Fsp3) is 0.438. The fourth-order valence-corrected chi connectivity index (χ4v) is 3.15. The highest BCUT2D eigenvalue weighted by Crippen LogP contribution is 2.25. The Balaban J connectivity index is 1.93. The van der Waals surface area contributed by atoms with Gasteiger partial charge in [0.15, 0.2) is 0 Å². The molecule has 1 aromatic carbocycles. The maximum Gasteiger partial charge on any atom is 0.254 e. The summed E-state index contributed by atoms with van der Waals surface area (Å²) >= 11 is 0. The van der Waals surface area contributed by atoms with E-state index in [9.17, 15) is 4.79 Å². The Kier molecular flexibility index (Phi) is 3.05. The number of rotatable bonds is 1. The molecule has 1 saturated heterocycles. The topological polar surface area (TPSA) is 36.1 Å². The minimum atomic E-state index is 0.163. The third kappa shape index (κ3) is 2.14. The number of likely N-dealkylation sites (tertiary alicyclic amines) is 1.